The molecule has 0 aliphatic carbocycles. The van der Waals surface area contributed by atoms with Crippen molar-refractivity contribution in [3.05, 3.63) is 57.8 Å². The fourth-order valence-electron chi connectivity index (χ4n) is 2.09. The van der Waals surface area contributed by atoms with Gasteiger partial charge in [-0.2, -0.15) is 11.3 Å². The summed E-state index contributed by atoms with van der Waals surface area (Å²) < 4.78 is 14.1. The minimum atomic E-state index is -0.689. The van der Waals surface area contributed by atoms with Crippen molar-refractivity contribution in [3.8, 4) is 0 Å². The lowest BCUT2D eigenvalue weighted by molar-refractivity contribution is -0.142. The third kappa shape index (κ3) is 6.06. The quantitative estimate of drug-likeness (QED) is 0.430. The van der Waals surface area contributed by atoms with Gasteiger partial charge in [-0.15, -0.1) is 0 Å². The van der Waals surface area contributed by atoms with Crippen LogP contribution in [0.3, 0.4) is 0 Å². The lowest BCUT2D eigenvalue weighted by Gasteiger charge is -2.09. The maximum Gasteiger partial charge on any atom is 0.337 e. The predicted molar refractivity (Wildman–Crippen MR) is 102 cm³/mol. The second-order valence-corrected chi connectivity index (χ2v) is 6.11. The molecule has 1 amide bonds. The number of benzene rings is 1. The highest BCUT2D eigenvalue weighted by Gasteiger charge is 2.15. The molecule has 0 saturated carbocycles. The van der Waals surface area contributed by atoms with Crippen molar-refractivity contribution in [1.29, 1.82) is 0 Å². The minimum Gasteiger partial charge on any atom is -0.465 e. The average Bonchev–Trinajstić information content (AvgIpc) is 3.22. The summed E-state index contributed by atoms with van der Waals surface area (Å²) in [6, 6.07) is 5.76. The normalized spacial score (nSPS) is 10.4. The van der Waals surface area contributed by atoms with E-state index in [1.54, 1.807) is 6.08 Å². The highest BCUT2D eigenvalue weighted by atomic mass is 32.1. The summed E-state index contributed by atoms with van der Waals surface area (Å²) in [4.78, 5) is 47.1. The molecule has 0 bridgehead atoms. The van der Waals surface area contributed by atoms with E-state index in [0.29, 0.717) is 0 Å². The Hall–Kier alpha value is -3.46. The number of methoxy groups -OCH3 is 2. The molecule has 2 rings (SSSR count). The molecule has 146 valence electrons. The summed E-state index contributed by atoms with van der Waals surface area (Å²) in [5.41, 5.74) is 1.10. The first-order valence-corrected chi connectivity index (χ1v) is 8.86. The van der Waals surface area contributed by atoms with Crippen molar-refractivity contribution in [2.45, 2.75) is 0 Å². The van der Waals surface area contributed by atoms with E-state index in [-0.39, 0.29) is 16.8 Å². The van der Waals surface area contributed by atoms with E-state index in [0.717, 1.165) is 5.56 Å². The number of thiophene rings is 1. The summed E-state index contributed by atoms with van der Waals surface area (Å²) in [5.74, 6) is -2.70. The molecule has 0 saturated heterocycles. The van der Waals surface area contributed by atoms with Crippen LogP contribution in [-0.2, 0) is 23.8 Å². The summed E-state index contributed by atoms with van der Waals surface area (Å²) in [7, 11) is 2.38. The number of ether oxygens (including phenoxy) is 3. The summed E-state index contributed by atoms with van der Waals surface area (Å²) in [6.45, 7) is -0.539. The molecule has 0 aliphatic heterocycles. The number of anilines is 1. The van der Waals surface area contributed by atoms with Gasteiger partial charge in [0.2, 0.25) is 0 Å². The van der Waals surface area contributed by atoms with E-state index in [2.05, 4.69) is 14.8 Å². The molecule has 0 fully saturated rings. The monoisotopic (exact) mass is 403 g/mol. The van der Waals surface area contributed by atoms with E-state index in [4.69, 9.17) is 4.74 Å². The lowest BCUT2D eigenvalue weighted by Crippen LogP contribution is -2.20. The van der Waals surface area contributed by atoms with Crippen molar-refractivity contribution in [2.24, 2.45) is 0 Å². The largest absolute Gasteiger partial charge is 0.465 e. The topological polar surface area (TPSA) is 108 Å². The van der Waals surface area contributed by atoms with Crippen LogP contribution in [0.1, 0.15) is 26.3 Å². The Morgan fingerprint density at radius 2 is 1.68 bits per heavy atom. The van der Waals surface area contributed by atoms with Crippen molar-refractivity contribution >= 4 is 46.9 Å². The summed E-state index contributed by atoms with van der Waals surface area (Å²) in [5, 5.41) is 6.17. The van der Waals surface area contributed by atoms with E-state index in [1.807, 2.05) is 16.8 Å². The van der Waals surface area contributed by atoms with Gasteiger partial charge in [0.15, 0.2) is 6.61 Å². The number of hydrogen-bond donors (Lipinski definition) is 1. The van der Waals surface area contributed by atoms with Crippen molar-refractivity contribution < 1.29 is 33.4 Å². The standard InChI is InChI=1S/C19H17NO7S/c1-25-18(23)13-7-14(19(24)26-2)9-15(8-13)20-16(21)10-27-17(22)4-3-12-5-6-28-11-12/h3-9,11H,10H2,1-2H3,(H,20,21)/b4-3+. The van der Waals surface area contributed by atoms with Crippen LogP contribution in [0, 0.1) is 0 Å². The Morgan fingerprint density at radius 3 is 2.21 bits per heavy atom. The van der Waals surface area contributed by atoms with Crippen LogP contribution in [0.2, 0.25) is 0 Å². The van der Waals surface area contributed by atoms with Crippen molar-refractivity contribution in [3.63, 3.8) is 0 Å². The first-order chi connectivity index (χ1) is 13.4. The first kappa shape index (κ1) is 20.8. The van der Waals surface area contributed by atoms with E-state index >= 15 is 0 Å². The average molecular weight is 403 g/mol. The molecule has 0 aliphatic rings. The maximum absolute atomic E-state index is 12.0. The molecule has 9 heteroatoms. The van der Waals surface area contributed by atoms with Crippen LogP contribution in [0.4, 0.5) is 5.69 Å². The summed E-state index contributed by atoms with van der Waals surface area (Å²) in [6.07, 6.45) is 2.78. The Bertz CT molecular complexity index is 869. The molecule has 1 aromatic heterocycles. The Kier molecular flexibility index (Phi) is 7.46. The van der Waals surface area contributed by atoms with Gasteiger partial charge >= 0.3 is 17.9 Å². The van der Waals surface area contributed by atoms with Gasteiger partial charge in [0.1, 0.15) is 0 Å². The number of nitrogens with one attached hydrogen (secondary N) is 1. The van der Waals surface area contributed by atoms with Gasteiger partial charge in [-0.25, -0.2) is 14.4 Å². The molecule has 28 heavy (non-hydrogen) atoms. The Balaban J connectivity index is 2.01. The number of esters is 3. The molecule has 8 nitrogen and oxygen atoms in total. The van der Waals surface area contributed by atoms with Crippen LogP contribution in [0.25, 0.3) is 6.08 Å². The van der Waals surface area contributed by atoms with Gasteiger partial charge in [0, 0.05) is 11.8 Å². The SMILES string of the molecule is COC(=O)c1cc(NC(=O)COC(=O)/C=C/c2ccsc2)cc(C(=O)OC)c1. The van der Waals surface area contributed by atoms with Crippen molar-refractivity contribution in [1.82, 2.24) is 0 Å². The zero-order valence-electron chi connectivity index (χ0n) is 15.1. The zero-order valence-corrected chi connectivity index (χ0v) is 15.9. The van der Waals surface area contributed by atoms with E-state index in [9.17, 15) is 19.2 Å². The highest BCUT2D eigenvalue weighted by Crippen LogP contribution is 2.17. The molecule has 0 radical (unpaired) electrons. The second-order valence-electron chi connectivity index (χ2n) is 5.33. The van der Waals surface area contributed by atoms with Gasteiger partial charge in [0.05, 0.1) is 25.3 Å². The van der Waals surface area contributed by atoms with E-state index in [1.165, 1.54) is 49.8 Å². The third-order valence-corrected chi connectivity index (χ3v) is 4.06. The fourth-order valence-corrected chi connectivity index (χ4v) is 2.72. The molecule has 0 spiro atoms. The number of carbonyl (C=O) groups excluding carboxylic acids is 4. The fraction of sp³-hybridized carbons (Fsp3) is 0.158. The van der Waals surface area contributed by atoms with E-state index < -0.39 is 30.4 Å². The molecule has 1 N–H and O–H groups in total. The molecule has 0 atom stereocenters. The third-order valence-electron chi connectivity index (χ3n) is 3.36. The first-order valence-electron chi connectivity index (χ1n) is 7.91. The molecule has 2 aromatic rings. The highest BCUT2D eigenvalue weighted by molar-refractivity contribution is 7.08. The molecule has 1 aromatic carbocycles. The van der Waals surface area contributed by atoms with Gasteiger partial charge < -0.3 is 19.5 Å². The predicted octanol–water partition coefficient (Wildman–Crippen LogP) is 2.52. The van der Waals surface area contributed by atoms with Crippen LogP contribution in [0.5, 0.6) is 0 Å². The van der Waals surface area contributed by atoms with Gasteiger partial charge in [0.25, 0.3) is 5.91 Å². The summed E-state index contributed by atoms with van der Waals surface area (Å²) >= 11 is 1.49. The van der Waals surface area contributed by atoms with Gasteiger partial charge in [-0.3, -0.25) is 4.79 Å². The Morgan fingerprint density at radius 1 is 1.04 bits per heavy atom. The van der Waals surface area contributed by atoms with Crippen LogP contribution in [0.15, 0.2) is 41.1 Å². The molecule has 1 heterocycles. The number of amides is 1. The van der Waals surface area contributed by atoms with Crippen LogP contribution < -0.4 is 5.32 Å². The van der Waals surface area contributed by atoms with Gasteiger partial charge in [-0.1, -0.05) is 0 Å². The maximum atomic E-state index is 12.0. The zero-order chi connectivity index (χ0) is 20.5. The molecular formula is C19H17NO7S. The molecule has 0 unspecified atom stereocenters. The van der Waals surface area contributed by atoms with Gasteiger partial charge in [-0.05, 0) is 46.7 Å². The lowest BCUT2D eigenvalue weighted by atomic mass is 10.1. The van der Waals surface area contributed by atoms with Crippen LogP contribution >= 0.6 is 11.3 Å². The molecular weight excluding hydrogens is 386 g/mol. The van der Waals surface area contributed by atoms with Crippen molar-refractivity contribution in [2.75, 3.05) is 26.1 Å². The van der Waals surface area contributed by atoms with Crippen LogP contribution in [-0.4, -0.2) is 44.6 Å². The number of hydrogen-bond acceptors (Lipinski definition) is 8. The second kappa shape index (κ2) is 10.0. The smallest absolute Gasteiger partial charge is 0.337 e. The minimum absolute atomic E-state index is 0.0522. The number of carbonyl (C=O) groups is 4. The number of rotatable bonds is 7. The Labute approximate surface area is 164 Å².